The third kappa shape index (κ3) is 5.14. The van der Waals surface area contributed by atoms with Gasteiger partial charge in [-0.05, 0) is 41.7 Å². The molecule has 1 atom stereocenters. The maximum absolute atomic E-state index is 13.2. The molecule has 3 rings (SSSR count). The first-order valence-corrected chi connectivity index (χ1v) is 10.3. The molecule has 2 aliphatic heterocycles. The van der Waals surface area contributed by atoms with Crippen LogP contribution in [0.1, 0.15) is 44.2 Å². The van der Waals surface area contributed by atoms with Gasteiger partial charge in [-0.3, -0.25) is 10.1 Å². The van der Waals surface area contributed by atoms with E-state index in [4.69, 9.17) is 5.84 Å². The van der Waals surface area contributed by atoms with Gasteiger partial charge in [0.1, 0.15) is 6.17 Å². The van der Waals surface area contributed by atoms with Crippen LogP contribution in [0.4, 0.5) is 5.69 Å². The summed E-state index contributed by atoms with van der Waals surface area (Å²) in [6.07, 6.45) is 5.93. The highest BCUT2D eigenvalue weighted by Crippen LogP contribution is 2.30. The normalized spacial score (nSPS) is 18.8. The van der Waals surface area contributed by atoms with Gasteiger partial charge in [0.2, 0.25) is 5.91 Å². The first-order chi connectivity index (χ1) is 14.2. The molecule has 29 heavy (non-hydrogen) atoms. The number of fused-ring (bicyclic) bond motifs is 1. The van der Waals surface area contributed by atoms with Crippen molar-refractivity contribution in [2.24, 2.45) is 16.2 Å². The molecule has 8 nitrogen and oxygen atoms in total. The van der Waals surface area contributed by atoms with Gasteiger partial charge in [-0.15, -0.1) is 5.11 Å². The van der Waals surface area contributed by atoms with Crippen molar-refractivity contribution < 1.29 is 4.79 Å². The fourth-order valence-electron chi connectivity index (χ4n) is 3.73. The molecule has 0 saturated heterocycles. The van der Waals surface area contributed by atoms with E-state index in [0.29, 0.717) is 6.42 Å². The van der Waals surface area contributed by atoms with Gasteiger partial charge < -0.3 is 21.4 Å². The Labute approximate surface area is 172 Å². The van der Waals surface area contributed by atoms with Crippen LogP contribution in [0.5, 0.6) is 0 Å². The Morgan fingerprint density at radius 2 is 2.07 bits per heavy atom. The molecule has 0 bridgehead atoms. The van der Waals surface area contributed by atoms with E-state index in [2.05, 4.69) is 52.3 Å². The highest BCUT2D eigenvalue weighted by atomic mass is 16.2. The number of rotatable bonds is 7. The summed E-state index contributed by atoms with van der Waals surface area (Å²) >= 11 is 0. The molecule has 156 valence electrons. The van der Waals surface area contributed by atoms with Crippen LogP contribution in [0.25, 0.3) is 11.6 Å². The van der Waals surface area contributed by atoms with Gasteiger partial charge in [-0.1, -0.05) is 31.2 Å². The van der Waals surface area contributed by atoms with Crippen molar-refractivity contribution in [2.75, 3.05) is 31.6 Å². The fraction of sp³-hybridized carbons (Fsp3) is 0.476. The molecule has 2 heterocycles. The number of anilines is 1. The van der Waals surface area contributed by atoms with Crippen molar-refractivity contribution in [1.82, 2.24) is 15.5 Å². The summed E-state index contributed by atoms with van der Waals surface area (Å²) in [7, 11) is 0. The highest BCUT2D eigenvalue weighted by Gasteiger charge is 2.24. The summed E-state index contributed by atoms with van der Waals surface area (Å²) in [5, 5.41) is 17.5. The van der Waals surface area contributed by atoms with Crippen molar-refractivity contribution in [3.8, 4) is 0 Å². The minimum absolute atomic E-state index is 0.0630. The van der Waals surface area contributed by atoms with Gasteiger partial charge in [0, 0.05) is 43.5 Å². The summed E-state index contributed by atoms with van der Waals surface area (Å²) in [6, 6.07) is 6.22. The zero-order valence-corrected chi connectivity index (χ0v) is 17.2. The number of hydrogen-bond donors (Lipinski definition) is 4. The van der Waals surface area contributed by atoms with E-state index in [-0.39, 0.29) is 12.1 Å². The molecule has 1 aromatic carbocycles. The zero-order chi connectivity index (χ0) is 20.6. The van der Waals surface area contributed by atoms with Crippen LogP contribution in [0, 0.1) is 0 Å². The van der Waals surface area contributed by atoms with Crippen molar-refractivity contribution in [1.29, 1.82) is 0 Å². The molecule has 0 fully saturated rings. The van der Waals surface area contributed by atoms with E-state index >= 15 is 0 Å². The average Bonchev–Trinajstić information content (AvgIpc) is 2.92. The number of nitrogens with two attached hydrogens (primary N) is 1. The third-order valence-electron chi connectivity index (χ3n) is 5.06. The number of carbonyl (C=O) groups is 1. The van der Waals surface area contributed by atoms with Crippen molar-refractivity contribution in [2.45, 2.75) is 39.3 Å². The van der Waals surface area contributed by atoms with Gasteiger partial charge in [0.05, 0.1) is 6.67 Å². The summed E-state index contributed by atoms with van der Waals surface area (Å²) in [4.78, 5) is 15.1. The van der Waals surface area contributed by atoms with Gasteiger partial charge >= 0.3 is 0 Å². The second-order valence-corrected chi connectivity index (χ2v) is 7.34. The predicted octanol–water partition coefficient (Wildman–Crippen LogP) is 2.68. The van der Waals surface area contributed by atoms with E-state index in [1.165, 1.54) is 5.57 Å². The Kier molecular flexibility index (Phi) is 7.24. The maximum Gasteiger partial charge on any atom is 0.249 e. The average molecular weight is 398 g/mol. The Balaban J connectivity index is 1.95. The molecule has 2 aliphatic rings. The van der Waals surface area contributed by atoms with Crippen LogP contribution >= 0.6 is 0 Å². The van der Waals surface area contributed by atoms with Crippen LogP contribution < -0.4 is 21.8 Å². The number of amides is 1. The molecular weight excluding hydrogens is 366 g/mol. The minimum Gasteiger partial charge on any atom is -0.378 e. The van der Waals surface area contributed by atoms with Crippen LogP contribution in [0.2, 0.25) is 0 Å². The lowest BCUT2D eigenvalue weighted by atomic mass is 10.0. The Hall–Kier alpha value is -2.87. The summed E-state index contributed by atoms with van der Waals surface area (Å²) in [5.41, 5.74) is 4.91. The lowest BCUT2D eigenvalue weighted by molar-refractivity contribution is -0.127. The van der Waals surface area contributed by atoms with E-state index < -0.39 is 0 Å². The topological polar surface area (TPSA) is 107 Å². The number of benzene rings is 1. The molecule has 8 heteroatoms. The molecule has 0 spiro atoms. The SMILES string of the molecule is CCCN(CCC)C(=O)C1=Cc2ccc(C3=CNCNC3)cc2NC(N=NN)C1. The van der Waals surface area contributed by atoms with Gasteiger partial charge in [-0.25, -0.2) is 0 Å². The number of nitrogens with one attached hydrogen (secondary N) is 3. The Morgan fingerprint density at radius 3 is 2.72 bits per heavy atom. The van der Waals surface area contributed by atoms with Gasteiger partial charge in [-0.2, -0.15) is 0 Å². The van der Waals surface area contributed by atoms with E-state index in [1.54, 1.807) is 0 Å². The van der Waals surface area contributed by atoms with Crippen LogP contribution in [-0.2, 0) is 4.79 Å². The summed E-state index contributed by atoms with van der Waals surface area (Å²) in [6.45, 7) is 7.25. The quantitative estimate of drug-likeness (QED) is 0.321. The van der Waals surface area contributed by atoms with Crippen LogP contribution in [-0.4, -0.2) is 43.3 Å². The standard InChI is InChI=1S/C21H31N7O/c1-3-7-28(8-4-2)21(29)17-9-16-6-5-15(18-12-23-14-24-13-18)10-19(16)25-20(11-17)26-27-22/h5-6,9-10,12,20,23-25H,3-4,7-8,11,13-14H2,1-2H3,(H2,22,26). The number of nitrogens with zero attached hydrogens (tertiary/aromatic N) is 3. The van der Waals surface area contributed by atoms with Crippen molar-refractivity contribution >= 4 is 23.2 Å². The Bertz CT molecular complexity index is 809. The van der Waals surface area contributed by atoms with Gasteiger partial charge in [0.15, 0.2) is 0 Å². The summed E-state index contributed by atoms with van der Waals surface area (Å²) in [5.74, 6) is 5.39. The highest BCUT2D eigenvalue weighted by molar-refractivity contribution is 5.99. The predicted molar refractivity (Wildman–Crippen MR) is 117 cm³/mol. The summed E-state index contributed by atoms with van der Waals surface area (Å²) < 4.78 is 0. The van der Waals surface area contributed by atoms with E-state index in [1.807, 2.05) is 23.2 Å². The monoisotopic (exact) mass is 397 g/mol. The van der Waals surface area contributed by atoms with Gasteiger partial charge in [0.25, 0.3) is 0 Å². The molecule has 1 amide bonds. The maximum atomic E-state index is 13.2. The first-order valence-electron chi connectivity index (χ1n) is 10.3. The molecule has 0 radical (unpaired) electrons. The fourth-order valence-corrected chi connectivity index (χ4v) is 3.73. The minimum atomic E-state index is -0.381. The van der Waals surface area contributed by atoms with Crippen molar-refractivity contribution in [3.63, 3.8) is 0 Å². The number of carbonyl (C=O) groups excluding carboxylic acids is 1. The van der Waals surface area contributed by atoms with E-state index in [0.717, 1.165) is 61.5 Å². The molecule has 1 unspecified atom stereocenters. The van der Waals surface area contributed by atoms with Crippen LogP contribution in [0.3, 0.4) is 0 Å². The lowest BCUT2D eigenvalue weighted by Crippen LogP contribution is -2.34. The van der Waals surface area contributed by atoms with Crippen molar-refractivity contribution in [3.05, 3.63) is 41.1 Å². The molecular formula is C21H31N7O. The molecule has 0 aliphatic carbocycles. The zero-order valence-electron chi connectivity index (χ0n) is 17.2. The molecule has 5 N–H and O–H groups in total. The molecule has 0 aromatic heterocycles. The Morgan fingerprint density at radius 1 is 1.28 bits per heavy atom. The third-order valence-corrected chi connectivity index (χ3v) is 5.06. The smallest absolute Gasteiger partial charge is 0.249 e. The second kappa shape index (κ2) is 10.1. The van der Waals surface area contributed by atoms with E-state index in [9.17, 15) is 4.79 Å². The lowest BCUT2D eigenvalue weighted by Gasteiger charge is -2.23. The first kappa shape index (κ1) is 20.9. The van der Waals surface area contributed by atoms with Crippen LogP contribution in [0.15, 0.2) is 40.3 Å². The number of hydrogen-bond acceptors (Lipinski definition) is 6. The second-order valence-electron chi connectivity index (χ2n) is 7.34. The molecule has 0 saturated carbocycles. The largest absolute Gasteiger partial charge is 0.378 e. The molecule has 1 aromatic rings.